The number of rotatable bonds is 7. The number of nitrogens with zero attached hydrogens (tertiary/aromatic N) is 5. The predicted octanol–water partition coefficient (Wildman–Crippen LogP) is 3.91. The number of carbonyl (C=O) groups excluding carboxylic acids is 1. The van der Waals surface area contributed by atoms with Gasteiger partial charge in [-0.25, -0.2) is 19.0 Å². The summed E-state index contributed by atoms with van der Waals surface area (Å²) in [5.74, 6) is 7.07. The van der Waals surface area contributed by atoms with Crippen LogP contribution in [0.4, 0.5) is 10.2 Å². The molecule has 0 saturated carbocycles. The van der Waals surface area contributed by atoms with Crippen molar-refractivity contribution in [3.63, 3.8) is 0 Å². The molecule has 4 aromatic rings. The molecule has 1 fully saturated rings. The molecule has 198 valence electrons. The highest BCUT2D eigenvalue weighted by molar-refractivity contribution is 5.90. The largest absolute Gasteiger partial charge is 0.489 e. The Labute approximate surface area is 225 Å². The first kappa shape index (κ1) is 25.7. The number of amides is 1. The van der Waals surface area contributed by atoms with Crippen LogP contribution < -0.4 is 15.2 Å². The number of halogens is 1. The summed E-state index contributed by atoms with van der Waals surface area (Å²) < 4.78 is 26.7. The number of hydrogen-bond acceptors (Lipinski definition) is 7. The number of nitrogens with two attached hydrogens (primary N) is 1. The second-order valence-corrected chi connectivity index (χ2v) is 9.02. The van der Waals surface area contributed by atoms with E-state index in [0.29, 0.717) is 41.3 Å². The maximum atomic E-state index is 13.4. The van der Waals surface area contributed by atoms with E-state index in [9.17, 15) is 9.18 Å². The van der Waals surface area contributed by atoms with Gasteiger partial charge in [-0.3, -0.25) is 4.79 Å². The molecule has 0 aliphatic carbocycles. The molecule has 0 spiro atoms. The molecule has 1 aliphatic heterocycles. The Hall–Kier alpha value is -4.91. The minimum absolute atomic E-state index is 0.0682. The van der Waals surface area contributed by atoms with Gasteiger partial charge in [0.1, 0.15) is 48.4 Å². The van der Waals surface area contributed by atoms with E-state index < -0.39 is 0 Å². The van der Waals surface area contributed by atoms with E-state index >= 15 is 0 Å². The van der Waals surface area contributed by atoms with Crippen molar-refractivity contribution >= 4 is 22.8 Å². The normalized spacial score (nSPS) is 14.9. The van der Waals surface area contributed by atoms with E-state index in [0.717, 1.165) is 18.4 Å². The Bertz CT molecular complexity index is 1570. The molecule has 2 N–H and O–H groups in total. The molecular weight excluding hydrogens is 499 g/mol. The maximum Gasteiger partial charge on any atom is 0.246 e. The van der Waals surface area contributed by atoms with Gasteiger partial charge in [0.05, 0.1) is 11.4 Å². The van der Waals surface area contributed by atoms with E-state index in [4.69, 9.17) is 20.3 Å². The van der Waals surface area contributed by atoms with Crippen LogP contribution in [-0.2, 0) is 11.4 Å². The molecule has 1 saturated heterocycles. The average Bonchev–Trinajstić information content (AvgIpc) is 3.34. The van der Waals surface area contributed by atoms with E-state index in [2.05, 4.69) is 28.4 Å². The molecule has 5 rings (SSSR count). The van der Waals surface area contributed by atoms with Crippen molar-refractivity contribution in [2.24, 2.45) is 0 Å². The molecule has 39 heavy (non-hydrogen) atoms. The molecule has 1 aliphatic rings. The van der Waals surface area contributed by atoms with Crippen LogP contribution in [0.3, 0.4) is 0 Å². The number of nitrogen functional groups attached to an aromatic ring is 1. The molecule has 9 nitrogen and oxygen atoms in total. The van der Waals surface area contributed by atoms with Gasteiger partial charge in [0, 0.05) is 19.2 Å². The van der Waals surface area contributed by atoms with Gasteiger partial charge < -0.3 is 20.1 Å². The molecule has 1 atom stereocenters. The molecule has 1 amide bonds. The summed E-state index contributed by atoms with van der Waals surface area (Å²) in [7, 11) is 0. The first-order valence-electron chi connectivity index (χ1n) is 12.5. The summed E-state index contributed by atoms with van der Waals surface area (Å²) in [6.45, 7) is 5.10. The molecular formula is C29H27FN6O3. The number of ether oxygens (including phenoxy) is 2. The van der Waals surface area contributed by atoms with Crippen molar-refractivity contribution in [2.75, 3.05) is 25.4 Å². The number of benzene rings is 2. The van der Waals surface area contributed by atoms with Crippen LogP contribution in [0.25, 0.3) is 11.0 Å². The lowest BCUT2D eigenvalue weighted by atomic mass is 10.1. The molecule has 0 unspecified atom stereocenters. The van der Waals surface area contributed by atoms with E-state index in [-0.39, 0.29) is 36.8 Å². The SMILES string of the molecule is C=CC(=O)N1CCC[C@@H](n2nc(C#CCOc3cccc(OCc4cccc(F)c4)c3)c3c(N)ncnc32)C1. The van der Waals surface area contributed by atoms with E-state index in [1.165, 1.54) is 24.5 Å². The van der Waals surface area contributed by atoms with Crippen LogP contribution in [0.5, 0.6) is 11.5 Å². The molecule has 2 aromatic heterocycles. The number of likely N-dealkylation sites (tertiary alicyclic amines) is 1. The fraction of sp³-hybridized carbons (Fsp3) is 0.241. The minimum Gasteiger partial charge on any atom is -0.489 e. The number of piperidine rings is 1. The summed E-state index contributed by atoms with van der Waals surface area (Å²) in [5, 5.41) is 5.28. The molecule has 2 aromatic carbocycles. The first-order chi connectivity index (χ1) is 19.0. The number of carbonyl (C=O) groups is 1. The third-order valence-electron chi connectivity index (χ3n) is 6.36. The second-order valence-electron chi connectivity index (χ2n) is 9.02. The molecule has 10 heteroatoms. The van der Waals surface area contributed by atoms with E-state index in [1.54, 1.807) is 46.0 Å². The van der Waals surface area contributed by atoms with E-state index in [1.807, 2.05) is 0 Å². The zero-order valence-corrected chi connectivity index (χ0v) is 21.2. The Morgan fingerprint density at radius 1 is 1.18 bits per heavy atom. The van der Waals surface area contributed by atoms with Crippen molar-refractivity contribution in [1.29, 1.82) is 0 Å². The predicted molar refractivity (Wildman–Crippen MR) is 144 cm³/mol. The van der Waals surface area contributed by atoms with Crippen LogP contribution in [-0.4, -0.2) is 50.3 Å². The zero-order valence-electron chi connectivity index (χ0n) is 21.2. The van der Waals surface area contributed by atoms with Gasteiger partial charge in [-0.05, 0) is 54.7 Å². The van der Waals surface area contributed by atoms with Crippen molar-refractivity contribution in [1.82, 2.24) is 24.6 Å². The Morgan fingerprint density at radius 3 is 2.82 bits per heavy atom. The van der Waals surface area contributed by atoms with Crippen LogP contribution in [0, 0.1) is 17.7 Å². The number of anilines is 1. The smallest absolute Gasteiger partial charge is 0.246 e. The third-order valence-corrected chi connectivity index (χ3v) is 6.36. The van der Waals surface area contributed by atoms with Gasteiger partial charge in [-0.1, -0.05) is 30.7 Å². The lowest BCUT2D eigenvalue weighted by Gasteiger charge is -2.32. The van der Waals surface area contributed by atoms with Crippen molar-refractivity contribution < 1.29 is 18.7 Å². The van der Waals surface area contributed by atoms with Gasteiger partial charge in [0.25, 0.3) is 0 Å². The fourth-order valence-electron chi connectivity index (χ4n) is 4.51. The van der Waals surface area contributed by atoms with Crippen LogP contribution in [0.1, 0.15) is 30.1 Å². The van der Waals surface area contributed by atoms with Crippen molar-refractivity contribution in [3.05, 3.63) is 84.6 Å². The zero-order chi connectivity index (χ0) is 27.2. The lowest BCUT2D eigenvalue weighted by molar-refractivity contribution is -0.127. The highest BCUT2D eigenvalue weighted by Gasteiger charge is 2.27. The van der Waals surface area contributed by atoms with Gasteiger partial charge in [0.2, 0.25) is 5.91 Å². The topological polar surface area (TPSA) is 108 Å². The van der Waals surface area contributed by atoms with Crippen LogP contribution in [0.2, 0.25) is 0 Å². The lowest BCUT2D eigenvalue weighted by Crippen LogP contribution is -2.40. The molecule has 0 bridgehead atoms. The Kier molecular flexibility index (Phi) is 7.68. The van der Waals surface area contributed by atoms with Gasteiger partial charge in [-0.2, -0.15) is 5.10 Å². The van der Waals surface area contributed by atoms with Gasteiger partial charge >= 0.3 is 0 Å². The minimum atomic E-state index is -0.304. The number of hydrogen-bond donors (Lipinski definition) is 1. The third kappa shape index (κ3) is 5.99. The summed E-state index contributed by atoms with van der Waals surface area (Å²) in [4.78, 5) is 22.4. The molecule has 3 heterocycles. The first-order valence-corrected chi connectivity index (χ1v) is 12.5. The number of fused-ring (bicyclic) bond motifs is 1. The standard InChI is InChI=1S/C29H27FN6O3/c1-2-26(37)35-13-5-9-22(17-35)36-29-27(28(31)32-19-33-29)25(34-36)12-6-14-38-23-10-4-11-24(16-23)39-18-20-7-3-8-21(30)15-20/h2-4,7-8,10-11,15-16,19,22H,1,5,9,13-14,17-18H2,(H2,31,32,33)/t22-/m1/s1. The number of aromatic nitrogens is 4. The summed E-state index contributed by atoms with van der Waals surface area (Å²) in [6.07, 6.45) is 4.41. The van der Waals surface area contributed by atoms with Gasteiger partial charge in [0.15, 0.2) is 5.65 Å². The Balaban J connectivity index is 1.28. The fourth-order valence-corrected chi connectivity index (χ4v) is 4.51. The highest BCUT2D eigenvalue weighted by Crippen LogP contribution is 2.28. The second kappa shape index (κ2) is 11.6. The van der Waals surface area contributed by atoms with Crippen molar-refractivity contribution in [2.45, 2.75) is 25.5 Å². The van der Waals surface area contributed by atoms with Gasteiger partial charge in [-0.15, -0.1) is 0 Å². The summed E-state index contributed by atoms with van der Waals surface area (Å²) >= 11 is 0. The van der Waals surface area contributed by atoms with Crippen molar-refractivity contribution in [3.8, 4) is 23.3 Å². The maximum absolute atomic E-state index is 13.4. The monoisotopic (exact) mass is 526 g/mol. The summed E-state index contributed by atoms with van der Waals surface area (Å²) in [5.41, 5.74) is 7.93. The highest BCUT2D eigenvalue weighted by atomic mass is 19.1. The Morgan fingerprint density at radius 2 is 2.00 bits per heavy atom. The van der Waals surface area contributed by atoms with Crippen LogP contribution >= 0.6 is 0 Å². The quantitative estimate of drug-likeness (QED) is 0.287. The van der Waals surface area contributed by atoms with Crippen LogP contribution in [0.15, 0.2) is 67.5 Å². The summed E-state index contributed by atoms with van der Waals surface area (Å²) in [6, 6.07) is 13.4. The average molecular weight is 527 g/mol. The molecule has 0 radical (unpaired) electrons.